The lowest BCUT2D eigenvalue weighted by Crippen LogP contribution is -2.33. The van der Waals surface area contributed by atoms with Crippen molar-refractivity contribution in [2.75, 3.05) is 37.9 Å². The Morgan fingerprint density at radius 2 is 1.75 bits per heavy atom. The first-order valence-corrected chi connectivity index (χ1v) is 11.6. The molecular weight excluding hydrogens is 458 g/mol. The molecule has 1 aromatic heterocycles. The standard InChI is InChI=1S/C27H33N5O4/c1-27(2,3)24(34)29-20-14-10-13-19(15-20)21(33)17-32(6)26(35)36-22-16-28-25(31(4)5)30-23(22)18-11-8-7-9-12-18/h7-16,21,33H,17H2,1-6H3,(H,29,34). The van der Waals surface area contributed by atoms with Crippen LogP contribution in [0.25, 0.3) is 11.3 Å². The van der Waals surface area contributed by atoms with Crippen LogP contribution in [0.2, 0.25) is 0 Å². The van der Waals surface area contributed by atoms with E-state index in [1.807, 2.05) is 65.2 Å². The third-order valence-electron chi connectivity index (χ3n) is 5.36. The smallest absolute Gasteiger partial charge is 0.406 e. The van der Waals surface area contributed by atoms with Crippen LogP contribution in [0.1, 0.15) is 32.4 Å². The summed E-state index contributed by atoms with van der Waals surface area (Å²) in [6.07, 6.45) is -0.187. The first kappa shape index (κ1) is 26.6. The molecule has 1 heterocycles. The fourth-order valence-electron chi connectivity index (χ4n) is 3.21. The number of likely N-dealkylation sites (N-methyl/N-ethyl adjacent to an activating group) is 1. The van der Waals surface area contributed by atoms with E-state index in [1.165, 1.54) is 18.1 Å². The molecule has 2 amide bonds. The second-order valence-electron chi connectivity index (χ2n) is 9.74. The Hall–Kier alpha value is -3.98. The Morgan fingerprint density at radius 3 is 2.39 bits per heavy atom. The molecule has 0 fully saturated rings. The Morgan fingerprint density at radius 1 is 1.06 bits per heavy atom. The molecule has 0 radical (unpaired) electrons. The van der Waals surface area contributed by atoms with Crippen LogP contribution in [-0.4, -0.2) is 59.7 Å². The van der Waals surface area contributed by atoms with Gasteiger partial charge < -0.3 is 25.0 Å². The van der Waals surface area contributed by atoms with Crippen molar-refractivity contribution in [3.63, 3.8) is 0 Å². The number of carbonyl (C=O) groups excluding carboxylic acids is 2. The molecule has 1 unspecified atom stereocenters. The lowest BCUT2D eigenvalue weighted by Gasteiger charge is -2.22. The first-order chi connectivity index (χ1) is 17.0. The van der Waals surface area contributed by atoms with Crippen LogP contribution in [-0.2, 0) is 4.79 Å². The van der Waals surface area contributed by atoms with E-state index in [4.69, 9.17) is 4.74 Å². The molecule has 1 atom stereocenters. The van der Waals surface area contributed by atoms with Crippen LogP contribution >= 0.6 is 0 Å². The monoisotopic (exact) mass is 491 g/mol. The van der Waals surface area contributed by atoms with Crippen molar-refractivity contribution in [2.45, 2.75) is 26.9 Å². The van der Waals surface area contributed by atoms with Crippen LogP contribution in [0, 0.1) is 5.41 Å². The van der Waals surface area contributed by atoms with Gasteiger partial charge in [0.25, 0.3) is 0 Å². The molecular formula is C27H33N5O4. The summed E-state index contributed by atoms with van der Waals surface area (Å²) in [5, 5.41) is 13.6. The summed E-state index contributed by atoms with van der Waals surface area (Å²) in [5.41, 5.74) is 1.85. The van der Waals surface area contributed by atoms with Gasteiger partial charge in [0.1, 0.15) is 5.69 Å². The SMILES string of the molecule is CN(CC(O)c1cccc(NC(=O)C(C)(C)C)c1)C(=O)Oc1cnc(N(C)C)nc1-c1ccccc1. The van der Waals surface area contributed by atoms with Gasteiger partial charge in [0.2, 0.25) is 11.9 Å². The zero-order chi connectivity index (χ0) is 26.5. The molecule has 3 rings (SSSR count). The first-order valence-electron chi connectivity index (χ1n) is 11.6. The van der Waals surface area contributed by atoms with E-state index >= 15 is 0 Å². The zero-order valence-corrected chi connectivity index (χ0v) is 21.5. The number of carbonyl (C=O) groups is 2. The summed E-state index contributed by atoms with van der Waals surface area (Å²) >= 11 is 0. The quantitative estimate of drug-likeness (QED) is 0.506. The molecule has 2 N–H and O–H groups in total. The Balaban J connectivity index is 1.73. The second kappa shape index (κ2) is 11.2. The van der Waals surface area contributed by atoms with Crippen molar-refractivity contribution in [1.29, 1.82) is 0 Å². The second-order valence-corrected chi connectivity index (χ2v) is 9.74. The highest BCUT2D eigenvalue weighted by molar-refractivity contribution is 5.94. The molecule has 0 aliphatic heterocycles. The summed E-state index contributed by atoms with van der Waals surface area (Å²) in [6, 6.07) is 16.3. The summed E-state index contributed by atoms with van der Waals surface area (Å²) in [4.78, 5) is 37.0. The average Bonchev–Trinajstić information content (AvgIpc) is 2.84. The Kier molecular flexibility index (Phi) is 8.26. The third kappa shape index (κ3) is 6.79. The number of nitrogens with zero attached hydrogens (tertiary/aromatic N) is 4. The number of nitrogens with one attached hydrogen (secondary N) is 1. The summed E-state index contributed by atoms with van der Waals surface area (Å²) < 4.78 is 5.62. The van der Waals surface area contributed by atoms with Crippen LogP contribution < -0.4 is 15.0 Å². The highest BCUT2D eigenvalue weighted by atomic mass is 16.6. The van der Waals surface area contributed by atoms with Crippen LogP contribution in [0.4, 0.5) is 16.4 Å². The summed E-state index contributed by atoms with van der Waals surface area (Å²) in [6.45, 7) is 5.45. The van der Waals surface area contributed by atoms with Crippen molar-refractivity contribution in [3.8, 4) is 17.0 Å². The van der Waals surface area contributed by atoms with Crippen molar-refractivity contribution in [2.24, 2.45) is 5.41 Å². The zero-order valence-electron chi connectivity index (χ0n) is 21.5. The topological polar surface area (TPSA) is 108 Å². The van der Waals surface area contributed by atoms with E-state index in [-0.39, 0.29) is 18.2 Å². The van der Waals surface area contributed by atoms with Gasteiger partial charge in [0.15, 0.2) is 5.75 Å². The fourth-order valence-corrected chi connectivity index (χ4v) is 3.21. The predicted molar refractivity (Wildman–Crippen MR) is 140 cm³/mol. The highest BCUT2D eigenvalue weighted by Gasteiger charge is 2.23. The van der Waals surface area contributed by atoms with Gasteiger partial charge in [-0.25, -0.2) is 14.8 Å². The minimum atomic E-state index is -0.991. The molecule has 9 nitrogen and oxygen atoms in total. The van der Waals surface area contributed by atoms with Gasteiger partial charge in [0, 0.05) is 37.8 Å². The number of aliphatic hydroxyl groups excluding tert-OH is 1. The summed E-state index contributed by atoms with van der Waals surface area (Å²) in [5.74, 6) is 0.562. The number of ether oxygens (including phenoxy) is 1. The molecule has 0 aliphatic rings. The lowest BCUT2D eigenvalue weighted by molar-refractivity contribution is -0.123. The van der Waals surface area contributed by atoms with Crippen molar-refractivity contribution in [3.05, 3.63) is 66.4 Å². The minimum Gasteiger partial charge on any atom is -0.406 e. The molecule has 36 heavy (non-hydrogen) atoms. The molecule has 0 saturated carbocycles. The van der Waals surface area contributed by atoms with E-state index < -0.39 is 17.6 Å². The lowest BCUT2D eigenvalue weighted by atomic mass is 9.95. The minimum absolute atomic E-state index is 0.0210. The maximum Gasteiger partial charge on any atom is 0.415 e. The fraction of sp³-hybridized carbons (Fsp3) is 0.333. The van der Waals surface area contributed by atoms with Crippen LogP contribution in [0.15, 0.2) is 60.8 Å². The van der Waals surface area contributed by atoms with Gasteiger partial charge in [-0.15, -0.1) is 0 Å². The third-order valence-corrected chi connectivity index (χ3v) is 5.36. The molecule has 2 aromatic carbocycles. The van der Waals surface area contributed by atoms with E-state index in [9.17, 15) is 14.7 Å². The van der Waals surface area contributed by atoms with Gasteiger partial charge in [-0.1, -0.05) is 63.2 Å². The number of rotatable bonds is 7. The van der Waals surface area contributed by atoms with E-state index in [0.29, 0.717) is 22.9 Å². The number of amides is 2. The summed E-state index contributed by atoms with van der Waals surface area (Å²) in [7, 11) is 5.19. The largest absolute Gasteiger partial charge is 0.415 e. The number of aromatic nitrogens is 2. The van der Waals surface area contributed by atoms with Gasteiger partial charge in [-0.05, 0) is 17.7 Å². The number of hydrogen-bond acceptors (Lipinski definition) is 7. The molecule has 190 valence electrons. The maximum atomic E-state index is 12.9. The molecule has 9 heteroatoms. The van der Waals surface area contributed by atoms with Gasteiger partial charge >= 0.3 is 6.09 Å². The van der Waals surface area contributed by atoms with Crippen LogP contribution in [0.3, 0.4) is 0 Å². The predicted octanol–water partition coefficient (Wildman–Crippen LogP) is 4.36. The number of aliphatic hydroxyl groups is 1. The maximum absolute atomic E-state index is 12.9. The van der Waals surface area contributed by atoms with Gasteiger partial charge in [-0.3, -0.25) is 4.79 Å². The average molecular weight is 492 g/mol. The Bertz CT molecular complexity index is 1210. The molecule has 0 saturated heterocycles. The normalized spacial score (nSPS) is 12.0. The van der Waals surface area contributed by atoms with Crippen molar-refractivity contribution in [1.82, 2.24) is 14.9 Å². The number of benzene rings is 2. The molecule has 0 spiro atoms. The van der Waals surface area contributed by atoms with Crippen molar-refractivity contribution < 1.29 is 19.4 Å². The number of hydrogen-bond donors (Lipinski definition) is 2. The van der Waals surface area contributed by atoms with E-state index in [2.05, 4.69) is 15.3 Å². The molecule has 0 bridgehead atoms. The van der Waals surface area contributed by atoms with Gasteiger partial charge in [0.05, 0.1) is 18.8 Å². The van der Waals surface area contributed by atoms with Crippen LogP contribution in [0.5, 0.6) is 5.75 Å². The van der Waals surface area contributed by atoms with Gasteiger partial charge in [-0.2, -0.15) is 0 Å². The molecule has 3 aromatic rings. The van der Waals surface area contributed by atoms with E-state index in [1.54, 1.807) is 29.2 Å². The van der Waals surface area contributed by atoms with Crippen molar-refractivity contribution >= 4 is 23.6 Å². The number of anilines is 2. The highest BCUT2D eigenvalue weighted by Crippen LogP contribution is 2.29. The van der Waals surface area contributed by atoms with E-state index in [0.717, 1.165) is 5.56 Å². The molecule has 0 aliphatic carbocycles. The Labute approximate surface area is 211 Å².